The summed E-state index contributed by atoms with van der Waals surface area (Å²) in [7, 11) is 3.87. The van der Waals surface area contributed by atoms with E-state index in [1.165, 1.54) is 0 Å². The SMILES string of the molecule is CN(C)c1ncc(CN2CCOC[C@@H]2c2ccn[nH]2)cn1. The lowest BCUT2D eigenvalue weighted by molar-refractivity contribution is -0.0143. The molecule has 0 amide bonds. The molecule has 112 valence electrons. The van der Waals surface area contributed by atoms with Gasteiger partial charge in [-0.1, -0.05) is 0 Å². The first-order valence-corrected chi connectivity index (χ1v) is 7.03. The quantitative estimate of drug-likeness (QED) is 0.899. The Morgan fingerprint density at radius 1 is 1.38 bits per heavy atom. The van der Waals surface area contributed by atoms with Crippen LogP contribution in [0.5, 0.6) is 0 Å². The number of H-pyrrole nitrogens is 1. The maximum atomic E-state index is 5.60. The Balaban J connectivity index is 1.72. The van der Waals surface area contributed by atoms with Gasteiger partial charge in [-0.3, -0.25) is 10.00 Å². The Bertz CT molecular complexity index is 553. The fourth-order valence-electron chi connectivity index (χ4n) is 2.46. The Hall–Kier alpha value is -1.99. The number of ether oxygens (including phenoxy) is 1. The number of hydrogen-bond donors (Lipinski definition) is 1. The highest BCUT2D eigenvalue weighted by Gasteiger charge is 2.25. The first kappa shape index (κ1) is 14.0. The van der Waals surface area contributed by atoms with Crippen molar-refractivity contribution in [1.82, 2.24) is 25.1 Å². The summed E-state index contributed by atoms with van der Waals surface area (Å²) < 4.78 is 5.60. The molecule has 1 N–H and O–H groups in total. The van der Waals surface area contributed by atoms with Crippen molar-refractivity contribution in [3.63, 3.8) is 0 Å². The third-order valence-electron chi connectivity index (χ3n) is 3.60. The molecule has 2 aromatic heterocycles. The summed E-state index contributed by atoms with van der Waals surface area (Å²) in [4.78, 5) is 13.0. The van der Waals surface area contributed by atoms with Gasteiger partial charge in [-0.25, -0.2) is 9.97 Å². The number of aromatic nitrogens is 4. The third-order valence-corrected chi connectivity index (χ3v) is 3.60. The van der Waals surface area contributed by atoms with Crippen LogP contribution in [-0.2, 0) is 11.3 Å². The molecule has 0 radical (unpaired) electrons. The van der Waals surface area contributed by atoms with Crippen molar-refractivity contribution in [2.45, 2.75) is 12.6 Å². The average Bonchev–Trinajstić information content (AvgIpc) is 3.02. The fraction of sp³-hybridized carbons (Fsp3) is 0.500. The van der Waals surface area contributed by atoms with Gasteiger partial charge in [0, 0.05) is 51.3 Å². The lowest BCUT2D eigenvalue weighted by Crippen LogP contribution is -2.39. The number of aromatic amines is 1. The minimum atomic E-state index is 0.203. The average molecular weight is 288 g/mol. The van der Waals surface area contributed by atoms with Crippen LogP contribution in [0.25, 0.3) is 0 Å². The Labute approximate surface area is 124 Å². The zero-order valence-corrected chi connectivity index (χ0v) is 12.4. The van der Waals surface area contributed by atoms with E-state index in [1.54, 1.807) is 6.20 Å². The van der Waals surface area contributed by atoms with Crippen molar-refractivity contribution in [2.24, 2.45) is 0 Å². The molecule has 1 aliphatic heterocycles. The summed E-state index contributed by atoms with van der Waals surface area (Å²) in [5.74, 6) is 0.728. The van der Waals surface area contributed by atoms with Crippen molar-refractivity contribution in [3.8, 4) is 0 Å². The van der Waals surface area contributed by atoms with E-state index in [4.69, 9.17) is 4.74 Å². The van der Waals surface area contributed by atoms with E-state index in [0.29, 0.717) is 6.61 Å². The van der Waals surface area contributed by atoms with Crippen LogP contribution < -0.4 is 4.90 Å². The number of morpholine rings is 1. The highest BCUT2D eigenvalue weighted by molar-refractivity contribution is 5.26. The predicted octanol–water partition coefficient (Wildman–Crippen LogP) is 0.839. The van der Waals surface area contributed by atoms with Crippen molar-refractivity contribution in [3.05, 3.63) is 35.9 Å². The first-order valence-electron chi connectivity index (χ1n) is 7.03. The molecule has 0 aliphatic carbocycles. The molecule has 0 bridgehead atoms. The molecule has 0 spiro atoms. The lowest BCUT2D eigenvalue weighted by atomic mass is 10.1. The van der Waals surface area contributed by atoms with E-state index >= 15 is 0 Å². The number of hydrogen-bond acceptors (Lipinski definition) is 6. The summed E-state index contributed by atoms with van der Waals surface area (Å²) in [6, 6.07) is 2.20. The monoisotopic (exact) mass is 288 g/mol. The summed E-state index contributed by atoms with van der Waals surface area (Å²) in [5, 5.41) is 7.07. The van der Waals surface area contributed by atoms with Crippen LogP contribution in [0.4, 0.5) is 5.95 Å². The van der Waals surface area contributed by atoms with Gasteiger partial charge in [0.05, 0.1) is 24.9 Å². The van der Waals surface area contributed by atoms with Gasteiger partial charge in [-0.05, 0) is 6.07 Å². The normalized spacial score (nSPS) is 19.6. The van der Waals surface area contributed by atoms with Crippen molar-refractivity contribution < 1.29 is 4.74 Å². The molecule has 1 fully saturated rings. The summed E-state index contributed by atoms with van der Waals surface area (Å²) in [6.45, 7) is 3.12. The highest BCUT2D eigenvalue weighted by Crippen LogP contribution is 2.24. The topological polar surface area (TPSA) is 70.2 Å². The highest BCUT2D eigenvalue weighted by atomic mass is 16.5. The van der Waals surface area contributed by atoms with Crippen LogP contribution in [0.2, 0.25) is 0 Å². The number of anilines is 1. The van der Waals surface area contributed by atoms with Gasteiger partial charge in [0.1, 0.15) is 0 Å². The number of nitrogens with zero attached hydrogens (tertiary/aromatic N) is 5. The number of rotatable bonds is 4. The van der Waals surface area contributed by atoms with Crippen LogP contribution in [0.1, 0.15) is 17.3 Å². The molecule has 21 heavy (non-hydrogen) atoms. The van der Waals surface area contributed by atoms with Crippen molar-refractivity contribution in [1.29, 1.82) is 0 Å². The van der Waals surface area contributed by atoms with Crippen LogP contribution in [0, 0.1) is 0 Å². The molecule has 3 heterocycles. The van der Waals surface area contributed by atoms with Gasteiger partial charge in [0.15, 0.2) is 0 Å². The van der Waals surface area contributed by atoms with Crippen molar-refractivity contribution >= 4 is 5.95 Å². The van der Waals surface area contributed by atoms with Gasteiger partial charge in [0.25, 0.3) is 0 Å². The van der Waals surface area contributed by atoms with Gasteiger partial charge in [-0.15, -0.1) is 0 Å². The van der Waals surface area contributed by atoms with Gasteiger partial charge in [-0.2, -0.15) is 5.10 Å². The molecule has 0 saturated carbocycles. The lowest BCUT2D eigenvalue weighted by Gasteiger charge is -2.34. The molecule has 3 rings (SSSR count). The minimum absolute atomic E-state index is 0.203. The fourth-order valence-corrected chi connectivity index (χ4v) is 2.46. The maximum Gasteiger partial charge on any atom is 0.224 e. The Morgan fingerprint density at radius 2 is 2.19 bits per heavy atom. The van der Waals surface area contributed by atoms with Crippen LogP contribution in [-0.4, -0.2) is 58.9 Å². The van der Waals surface area contributed by atoms with E-state index in [2.05, 4.69) is 25.1 Å². The third kappa shape index (κ3) is 3.20. The van der Waals surface area contributed by atoms with Crippen LogP contribution in [0.3, 0.4) is 0 Å². The second-order valence-electron chi connectivity index (χ2n) is 5.36. The van der Waals surface area contributed by atoms with Gasteiger partial charge < -0.3 is 9.64 Å². The molecule has 0 unspecified atom stereocenters. The first-order chi connectivity index (χ1) is 10.2. The molecule has 7 nitrogen and oxygen atoms in total. The molecule has 1 saturated heterocycles. The second-order valence-corrected chi connectivity index (χ2v) is 5.36. The molecule has 7 heteroatoms. The van der Waals surface area contributed by atoms with E-state index in [1.807, 2.05) is 37.5 Å². The molecular formula is C14H20N6O. The van der Waals surface area contributed by atoms with Crippen LogP contribution in [0.15, 0.2) is 24.7 Å². The predicted molar refractivity (Wildman–Crippen MR) is 78.9 cm³/mol. The summed E-state index contributed by atoms with van der Waals surface area (Å²) in [6.07, 6.45) is 5.56. The second kappa shape index (κ2) is 6.19. The molecular weight excluding hydrogens is 268 g/mol. The maximum absolute atomic E-state index is 5.60. The molecule has 0 aromatic carbocycles. The zero-order chi connectivity index (χ0) is 14.7. The van der Waals surface area contributed by atoms with E-state index in [9.17, 15) is 0 Å². The smallest absolute Gasteiger partial charge is 0.224 e. The van der Waals surface area contributed by atoms with Gasteiger partial charge in [0.2, 0.25) is 5.95 Å². The number of nitrogens with one attached hydrogen (secondary N) is 1. The molecule has 2 aromatic rings. The van der Waals surface area contributed by atoms with E-state index in [-0.39, 0.29) is 6.04 Å². The standard InChI is InChI=1S/C14H20N6O/c1-19(2)14-15-7-11(8-16-14)9-20-5-6-21-10-13(20)12-3-4-17-18-12/h3-4,7-8,13H,5-6,9-10H2,1-2H3,(H,17,18)/t13-/m1/s1. The molecule has 1 atom stereocenters. The minimum Gasteiger partial charge on any atom is -0.378 e. The summed E-state index contributed by atoms with van der Waals surface area (Å²) >= 11 is 0. The van der Waals surface area contributed by atoms with Gasteiger partial charge >= 0.3 is 0 Å². The Kier molecular flexibility index (Phi) is 4.12. The molecule has 1 aliphatic rings. The zero-order valence-electron chi connectivity index (χ0n) is 12.4. The van der Waals surface area contributed by atoms with Crippen LogP contribution >= 0.6 is 0 Å². The largest absolute Gasteiger partial charge is 0.378 e. The van der Waals surface area contributed by atoms with E-state index < -0.39 is 0 Å². The van der Waals surface area contributed by atoms with E-state index in [0.717, 1.165) is 36.9 Å². The Morgan fingerprint density at radius 3 is 2.86 bits per heavy atom. The summed E-state index contributed by atoms with van der Waals surface area (Å²) in [5.41, 5.74) is 2.19. The van der Waals surface area contributed by atoms with Crippen molar-refractivity contribution in [2.75, 3.05) is 38.8 Å².